The predicted molar refractivity (Wildman–Crippen MR) is 71.6 cm³/mol. The molecule has 0 aliphatic carbocycles. The molecule has 0 fully saturated rings. The summed E-state index contributed by atoms with van der Waals surface area (Å²) >= 11 is 0. The Hall–Kier alpha value is -1.00. The topological polar surface area (TPSA) is 226 Å². The van der Waals surface area contributed by atoms with Crippen LogP contribution < -0.4 is 18.0 Å². The Morgan fingerprint density at radius 1 is 0.950 bits per heavy atom. The molecule has 20 heavy (non-hydrogen) atoms. The first kappa shape index (κ1) is 27.4. The van der Waals surface area contributed by atoms with Crippen molar-refractivity contribution in [2.45, 2.75) is 13.8 Å². The van der Waals surface area contributed by atoms with Gasteiger partial charge in [0.1, 0.15) is 0 Å². The highest BCUT2D eigenvalue weighted by atomic mass is 32.3. The Morgan fingerprint density at radius 2 is 1.20 bits per heavy atom. The van der Waals surface area contributed by atoms with Gasteiger partial charge in [-0.25, -0.2) is 0 Å². The minimum Gasteiger partial charge on any atom is -0.401 e. The molecule has 10 N–H and O–H groups in total. The van der Waals surface area contributed by atoms with E-state index in [0.29, 0.717) is 0 Å². The third-order valence-electron chi connectivity index (χ3n) is 1.44. The minimum atomic E-state index is -5.02. The second-order valence-corrected chi connectivity index (χ2v) is 5.14. The SMILES string of the molecule is CC(N)=C(C)N(C)C.N.N.O=S(=O)(O)OOS(=O)(=O)O. The molecule has 0 radical (unpaired) electrons. The smallest absolute Gasteiger partial charge is 0.401 e. The fourth-order valence-electron chi connectivity index (χ4n) is 0.423. The van der Waals surface area contributed by atoms with Crippen LogP contribution in [0.1, 0.15) is 13.8 Å². The first-order valence-corrected chi connectivity index (χ1v) is 6.92. The molecule has 0 rings (SSSR count). The summed E-state index contributed by atoms with van der Waals surface area (Å²) in [6.07, 6.45) is 0. The van der Waals surface area contributed by atoms with Gasteiger partial charge >= 0.3 is 20.8 Å². The number of rotatable bonds is 4. The van der Waals surface area contributed by atoms with Gasteiger partial charge in [-0.05, 0) is 13.8 Å². The minimum absolute atomic E-state index is 0. The van der Waals surface area contributed by atoms with Crippen molar-refractivity contribution in [3.8, 4) is 0 Å². The molecule has 0 bridgehead atoms. The maximum atomic E-state index is 9.51. The van der Waals surface area contributed by atoms with Gasteiger partial charge in [0.15, 0.2) is 0 Å². The van der Waals surface area contributed by atoms with E-state index in [9.17, 15) is 16.8 Å². The number of allylic oxidation sites excluding steroid dienone is 2. The van der Waals surface area contributed by atoms with Gasteiger partial charge in [-0.1, -0.05) is 8.67 Å². The van der Waals surface area contributed by atoms with Crippen molar-refractivity contribution in [2.24, 2.45) is 5.73 Å². The quantitative estimate of drug-likeness (QED) is 0.250. The Labute approximate surface area is 118 Å². The van der Waals surface area contributed by atoms with E-state index in [1.54, 1.807) is 0 Å². The van der Waals surface area contributed by atoms with Gasteiger partial charge in [-0.3, -0.25) is 9.11 Å². The molecule has 0 saturated heterocycles. The van der Waals surface area contributed by atoms with Gasteiger partial charge in [0.2, 0.25) is 0 Å². The van der Waals surface area contributed by atoms with Crippen LogP contribution in [0, 0.1) is 0 Å². The van der Waals surface area contributed by atoms with Crippen molar-refractivity contribution >= 4 is 20.8 Å². The normalized spacial score (nSPS) is 11.9. The van der Waals surface area contributed by atoms with Crippen LogP contribution in [0.4, 0.5) is 0 Å². The Balaban J connectivity index is -0.000000119. The lowest BCUT2D eigenvalue weighted by Crippen LogP contribution is -2.12. The summed E-state index contributed by atoms with van der Waals surface area (Å²) in [4.78, 5) is 2.00. The van der Waals surface area contributed by atoms with Gasteiger partial charge in [0.25, 0.3) is 0 Å². The average molecular weight is 342 g/mol. The van der Waals surface area contributed by atoms with Gasteiger partial charge in [-0.2, -0.15) is 16.8 Å². The number of hydrogen-bond acceptors (Lipinski definition) is 10. The molecular weight excluding hydrogens is 320 g/mol. The first-order valence-electron chi connectivity index (χ1n) is 4.19. The van der Waals surface area contributed by atoms with Crippen LogP contribution in [0.3, 0.4) is 0 Å². The molecule has 0 aliphatic rings. The van der Waals surface area contributed by atoms with Crippen LogP contribution >= 0.6 is 0 Å². The van der Waals surface area contributed by atoms with Crippen LogP contribution in [-0.4, -0.2) is 44.9 Å². The Bertz CT molecular complexity index is 447. The van der Waals surface area contributed by atoms with E-state index in [-0.39, 0.29) is 12.3 Å². The highest BCUT2D eigenvalue weighted by molar-refractivity contribution is 7.83. The molecular formula is C6H22N4O8S2. The van der Waals surface area contributed by atoms with Crippen LogP contribution in [0.25, 0.3) is 0 Å². The molecule has 126 valence electrons. The number of nitrogens with zero attached hydrogens (tertiary/aromatic N) is 1. The summed E-state index contributed by atoms with van der Waals surface area (Å²) in [6, 6.07) is 0. The highest BCUT2D eigenvalue weighted by Gasteiger charge is 2.13. The maximum Gasteiger partial charge on any atom is 0.425 e. The zero-order chi connectivity index (χ0) is 15.1. The second kappa shape index (κ2) is 10.7. The van der Waals surface area contributed by atoms with Gasteiger partial charge in [0, 0.05) is 25.5 Å². The molecule has 0 amide bonds. The third-order valence-corrected chi connectivity index (χ3v) is 2.01. The zero-order valence-corrected chi connectivity index (χ0v) is 13.2. The largest absolute Gasteiger partial charge is 0.425 e. The third kappa shape index (κ3) is 22.2. The number of hydrogen-bond donors (Lipinski definition) is 5. The fraction of sp³-hybridized carbons (Fsp3) is 0.667. The molecule has 0 unspecified atom stereocenters. The summed E-state index contributed by atoms with van der Waals surface area (Å²) in [6.45, 7) is 3.89. The van der Waals surface area contributed by atoms with Crippen LogP contribution in [-0.2, 0) is 29.5 Å². The molecule has 0 aromatic rings. The van der Waals surface area contributed by atoms with Crippen molar-refractivity contribution < 1.29 is 34.6 Å². The van der Waals surface area contributed by atoms with Gasteiger partial charge in [-0.15, -0.1) is 0 Å². The summed E-state index contributed by atoms with van der Waals surface area (Å²) in [5.41, 5.74) is 7.49. The monoisotopic (exact) mass is 342 g/mol. The number of nitrogens with two attached hydrogens (primary N) is 1. The summed E-state index contributed by atoms with van der Waals surface area (Å²) in [5.74, 6) is 0. The first-order chi connectivity index (χ1) is 7.76. The molecule has 0 aromatic carbocycles. The van der Waals surface area contributed by atoms with E-state index >= 15 is 0 Å². The molecule has 0 saturated carbocycles. The summed E-state index contributed by atoms with van der Waals surface area (Å²) < 4.78 is 58.9. The van der Waals surface area contributed by atoms with E-state index < -0.39 is 20.8 Å². The van der Waals surface area contributed by atoms with Gasteiger partial charge < -0.3 is 22.9 Å². The van der Waals surface area contributed by atoms with Crippen LogP contribution in [0.2, 0.25) is 0 Å². The second-order valence-electron chi connectivity index (χ2n) is 3.15. The standard InChI is InChI=1S/C6H14N2.2H3N.H2O8S2/c1-5(7)6(2)8(3)4;;;1-9(2,3)7-8-10(4,5)6/h7H2,1-4H3;2*1H3;(H,1,2,3)(H,4,5,6). The maximum absolute atomic E-state index is 9.51. The van der Waals surface area contributed by atoms with Crippen molar-refractivity contribution in [3.63, 3.8) is 0 Å². The molecule has 0 heterocycles. The van der Waals surface area contributed by atoms with E-state index in [1.165, 1.54) is 0 Å². The van der Waals surface area contributed by atoms with E-state index in [0.717, 1.165) is 11.4 Å². The predicted octanol–water partition coefficient (Wildman–Crippen LogP) is -0.378. The van der Waals surface area contributed by atoms with E-state index in [4.69, 9.17) is 14.8 Å². The van der Waals surface area contributed by atoms with Crippen molar-refractivity contribution in [1.29, 1.82) is 0 Å². The summed E-state index contributed by atoms with van der Waals surface area (Å²) in [5, 5.41) is 0. The van der Waals surface area contributed by atoms with E-state index in [1.807, 2.05) is 32.8 Å². The lowest BCUT2D eigenvalue weighted by Gasteiger charge is -2.13. The molecule has 0 atom stereocenters. The lowest BCUT2D eigenvalue weighted by atomic mass is 10.4. The van der Waals surface area contributed by atoms with Crippen LogP contribution in [0.15, 0.2) is 11.4 Å². The van der Waals surface area contributed by atoms with Crippen molar-refractivity contribution in [3.05, 3.63) is 11.4 Å². The molecule has 0 spiro atoms. The highest BCUT2D eigenvalue weighted by Crippen LogP contribution is 1.97. The van der Waals surface area contributed by atoms with Crippen molar-refractivity contribution in [1.82, 2.24) is 17.2 Å². The molecule has 12 nitrogen and oxygen atoms in total. The molecule has 14 heteroatoms. The summed E-state index contributed by atoms with van der Waals surface area (Å²) in [7, 11) is -6.08. The Kier molecular flexibility index (Phi) is 14.7. The Morgan fingerprint density at radius 3 is 1.25 bits per heavy atom. The van der Waals surface area contributed by atoms with Crippen LogP contribution in [0.5, 0.6) is 0 Å². The van der Waals surface area contributed by atoms with E-state index in [2.05, 4.69) is 8.67 Å². The zero-order valence-electron chi connectivity index (χ0n) is 11.6. The molecule has 0 aliphatic heterocycles. The van der Waals surface area contributed by atoms with Crippen molar-refractivity contribution in [2.75, 3.05) is 14.1 Å². The fourth-order valence-corrected chi connectivity index (χ4v) is 0.985. The molecule has 0 aromatic heterocycles. The average Bonchev–Trinajstić information content (AvgIpc) is 2.12. The van der Waals surface area contributed by atoms with Gasteiger partial charge in [0.05, 0.1) is 0 Å². The lowest BCUT2D eigenvalue weighted by molar-refractivity contribution is -0.105.